The summed E-state index contributed by atoms with van der Waals surface area (Å²) in [5.74, 6) is 0.504. The smallest absolute Gasteiger partial charge is 0.210 e. The lowest BCUT2D eigenvalue weighted by Crippen LogP contribution is -2.17. The highest BCUT2D eigenvalue weighted by Crippen LogP contribution is 2.49. The lowest BCUT2D eigenvalue weighted by atomic mass is 10.1. The highest BCUT2D eigenvalue weighted by molar-refractivity contribution is 7.09. The van der Waals surface area contributed by atoms with E-state index in [1.54, 1.807) is 11.3 Å². The number of benzene rings is 1. The van der Waals surface area contributed by atoms with Crippen LogP contribution >= 0.6 is 11.3 Å². The zero-order valence-electron chi connectivity index (χ0n) is 13.9. The number of para-hydroxylation sites is 1. The number of rotatable bonds is 3. The van der Waals surface area contributed by atoms with Crippen molar-refractivity contribution in [3.63, 3.8) is 0 Å². The van der Waals surface area contributed by atoms with Gasteiger partial charge in [0.2, 0.25) is 5.90 Å². The second-order valence-electron chi connectivity index (χ2n) is 6.34. The third-order valence-corrected chi connectivity index (χ3v) is 4.81. The maximum absolute atomic E-state index is 9.05. The van der Waals surface area contributed by atoms with Crippen LogP contribution in [0.1, 0.15) is 32.0 Å². The molecule has 0 aliphatic carbocycles. The van der Waals surface area contributed by atoms with Crippen LogP contribution in [-0.4, -0.2) is 29.0 Å². The van der Waals surface area contributed by atoms with Crippen LogP contribution in [0.4, 0.5) is 5.69 Å². The molecule has 4 nitrogen and oxygen atoms in total. The van der Waals surface area contributed by atoms with Gasteiger partial charge in [-0.1, -0.05) is 18.2 Å². The van der Waals surface area contributed by atoms with Crippen molar-refractivity contribution in [2.24, 2.45) is 4.99 Å². The SMILES string of the molecule is [2H][C@]1(C2=NC(C)(C)CO2)[C@H](c2nc(C)cs2)N1c1ccccc1. The molecule has 1 fully saturated rings. The third kappa shape index (κ3) is 2.29. The molecule has 2 atom stereocenters. The molecule has 2 aromatic rings. The van der Waals surface area contributed by atoms with Gasteiger partial charge in [-0.05, 0) is 32.9 Å². The number of aliphatic imine (C=N–C) groups is 1. The van der Waals surface area contributed by atoms with E-state index in [1.807, 2.05) is 61.4 Å². The molecule has 1 saturated heterocycles. The molecule has 1 aromatic carbocycles. The summed E-state index contributed by atoms with van der Waals surface area (Å²) in [6.07, 6.45) is 0. The Hall–Kier alpha value is -1.88. The molecular weight excluding hydrogens is 294 g/mol. The Morgan fingerprint density at radius 2 is 2.14 bits per heavy atom. The van der Waals surface area contributed by atoms with Crippen LogP contribution in [0.3, 0.4) is 0 Å². The van der Waals surface area contributed by atoms with E-state index in [2.05, 4.69) is 9.98 Å². The minimum atomic E-state index is -1.00. The average molecular weight is 314 g/mol. The predicted octanol–water partition coefficient (Wildman–Crippen LogP) is 3.59. The van der Waals surface area contributed by atoms with E-state index in [4.69, 9.17) is 6.11 Å². The van der Waals surface area contributed by atoms with E-state index in [9.17, 15) is 0 Å². The predicted molar refractivity (Wildman–Crippen MR) is 89.8 cm³/mol. The second kappa shape index (κ2) is 4.81. The minimum absolute atomic E-state index is 0.142. The summed E-state index contributed by atoms with van der Waals surface area (Å²) >= 11 is 1.60. The normalized spacial score (nSPS) is 29.8. The number of hydrogen-bond donors (Lipinski definition) is 0. The number of ether oxygens (including phenoxy) is 1. The van der Waals surface area contributed by atoms with E-state index < -0.39 is 6.02 Å². The van der Waals surface area contributed by atoms with Crippen molar-refractivity contribution in [2.75, 3.05) is 11.5 Å². The molecule has 3 heterocycles. The summed E-state index contributed by atoms with van der Waals surface area (Å²) in [4.78, 5) is 11.3. The van der Waals surface area contributed by atoms with Gasteiger partial charge in [0.05, 0.1) is 6.91 Å². The molecule has 0 radical (unpaired) electrons. The van der Waals surface area contributed by atoms with Gasteiger partial charge in [-0.3, -0.25) is 0 Å². The molecule has 2 aliphatic rings. The van der Waals surface area contributed by atoms with Crippen molar-refractivity contribution in [1.82, 2.24) is 4.98 Å². The summed E-state index contributed by atoms with van der Waals surface area (Å²) in [7, 11) is 0. The molecule has 0 amide bonds. The van der Waals surface area contributed by atoms with Crippen LogP contribution in [0.5, 0.6) is 0 Å². The number of anilines is 1. The Morgan fingerprint density at radius 3 is 2.73 bits per heavy atom. The van der Waals surface area contributed by atoms with Gasteiger partial charge in [-0.2, -0.15) is 0 Å². The fourth-order valence-electron chi connectivity index (χ4n) is 2.73. The van der Waals surface area contributed by atoms with Crippen molar-refractivity contribution in [3.8, 4) is 0 Å². The van der Waals surface area contributed by atoms with Gasteiger partial charge in [0.1, 0.15) is 23.7 Å². The molecule has 5 heteroatoms. The summed E-state index contributed by atoms with van der Waals surface area (Å²) in [6, 6.07) is 8.84. The maximum atomic E-state index is 9.05. The summed E-state index contributed by atoms with van der Waals surface area (Å²) in [6.45, 7) is 6.56. The van der Waals surface area contributed by atoms with Crippen LogP contribution in [0, 0.1) is 6.92 Å². The Kier molecular flexibility index (Phi) is 2.77. The monoisotopic (exact) mass is 314 g/mol. The van der Waals surface area contributed by atoms with Gasteiger partial charge < -0.3 is 9.64 Å². The number of nitrogens with zero attached hydrogens (tertiary/aromatic N) is 3. The minimum Gasteiger partial charge on any atom is -0.477 e. The van der Waals surface area contributed by atoms with Gasteiger partial charge in [0.25, 0.3) is 0 Å². The molecule has 114 valence electrons. The second-order valence-corrected chi connectivity index (χ2v) is 7.23. The first-order chi connectivity index (χ1) is 10.9. The molecule has 2 aliphatic heterocycles. The zero-order chi connectivity index (χ0) is 16.2. The van der Waals surface area contributed by atoms with Gasteiger partial charge in [-0.15, -0.1) is 11.3 Å². The topological polar surface area (TPSA) is 37.5 Å². The van der Waals surface area contributed by atoms with E-state index in [0.29, 0.717) is 12.5 Å². The Bertz CT molecular complexity index is 773. The van der Waals surface area contributed by atoms with Crippen LogP contribution in [-0.2, 0) is 4.74 Å². The molecule has 22 heavy (non-hydrogen) atoms. The van der Waals surface area contributed by atoms with Crippen LogP contribution in [0.2, 0.25) is 0 Å². The van der Waals surface area contributed by atoms with Crippen LogP contribution in [0.15, 0.2) is 40.7 Å². The Balaban J connectivity index is 1.77. The highest BCUT2D eigenvalue weighted by Gasteiger charge is 2.56. The molecular formula is C17H19N3OS. The van der Waals surface area contributed by atoms with Crippen molar-refractivity contribution in [2.45, 2.75) is 38.4 Å². The first kappa shape index (κ1) is 12.6. The van der Waals surface area contributed by atoms with Crippen molar-refractivity contribution >= 4 is 22.9 Å². The molecule has 0 N–H and O–H groups in total. The molecule has 1 aromatic heterocycles. The van der Waals surface area contributed by atoms with Crippen molar-refractivity contribution in [1.29, 1.82) is 0 Å². The zero-order valence-corrected chi connectivity index (χ0v) is 13.7. The number of aryl methyl sites for hydroxylation is 1. The lowest BCUT2D eigenvalue weighted by molar-refractivity contribution is 0.275. The fourth-order valence-corrected chi connectivity index (χ4v) is 3.62. The van der Waals surface area contributed by atoms with Crippen LogP contribution in [0.25, 0.3) is 0 Å². The van der Waals surface area contributed by atoms with E-state index in [-0.39, 0.29) is 11.6 Å². The molecule has 0 saturated carbocycles. The number of hydrogen-bond acceptors (Lipinski definition) is 5. The van der Waals surface area contributed by atoms with Crippen molar-refractivity contribution in [3.05, 3.63) is 46.4 Å². The van der Waals surface area contributed by atoms with Gasteiger partial charge in [-0.25, -0.2) is 9.98 Å². The largest absolute Gasteiger partial charge is 0.477 e. The molecule has 0 spiro atoms. The molecule has 4 rings (SSSR count). The van der Waals surface area contributed by atoms with E-state index in [0.717, 1.165) is 16.4 Å². The third-order valence-electron chi connectivity index (χ3n) is 3.80. The van der Waals surface area contributed by atoms with E-state index in [1.165, 1.54) is 0 Å². The lowest BCUT2D eigenvalue weighted by Gasteiger charge is -2.07. The van der Waals surface area contributed by atoms with E-state index >= 15 is 0 Å². The Labute approximate surface area is 135 Å². The van der Waals surface area contributed by atoms with Gasteiger partial charge in [0, 0.05) is 16.8 Å². The molecule has 0 bridgehead atoms. The van der Waals surface area contributed by atoms with Crippen LogP contribution < -0.4 is 4.90 Å². The first-order valence-electron chi connectivity index (χ1n) is 7.91. The standard InChI is InChI=1S/C17H19N3OS/c1-11-9-22-16(18-11)14-13(15-19-17(2,3)10-21-15)20(14)12-7-5-4-6-8-12/h4-9,13-14H,10H2,1-3H3/t13-,14-,20?/m1/s1/i13D. The fraction of sp³-hybridized carbons (Fsp3) is 0.412. The summed E-state index contributed by atoms with van der Waals surface area (Å²) in [5, 5.41) is 2.97. The Morgan fingerprint density at radius 1 is 1.36 bits per heavy atom. The number of thiazole rings is 1. The number of aromatic nitrogens is 1. The average Bonchev–Trinajstić information content (AvgIpc) is 2.81. The summed E-state index contributed by atoms with van der Waals surface area (Å²) in [5.41, 5.74) is 1.72. The van der Waals surface area contributed by atoms with Gasteiger partial charge in [0.15, 0.2) is 0 Å². The maximum Gasteiger partial charge on any atom is 0.210 e. The first-order valence-corrected chi connectivity index (χ1v) is 8.29. The van der Waals surface area contributed by atoms with Gasteiger partial charge >= 0.3 is 0 Å². The van der Waals surface area contributed by atoms with Crippen molar-refractivity contribution < 1.29 is 6.11 Å². The molecule has 0 unspecified atom stereocenters. The quantitative estimate of drug-likeness (QED) is 0.813. The summed E-state index contributed by atoms with van der Waals surface area (Å²) < 4.78 is 14.9. The highest BCUT2D eigenvalue weighted by atomic mass is 32.1.